The summed E-state index contributed by atoms with van der Waals surface area (Å²) in [6.07, 6.45) is 0.489. The van der Waals surface area contributed by atoms with Crippen molar-refractivity contribution in [2.45, 2.75) is 100 Å². The zero-order chi connectivity index (χ0) is 31.8. The Hall–Kier alpha value is -1.15. The quantitative estimate of drug-likeness (QED) is 0.220. The van der Waals surface area contributed by atoms with Crippen LogP contribution in [-0.2, 0) is 50.2 Å². The molecule has 2 heterocycles. The Labute approximate surface area is 261 Å². The number of aromatic nitrogens is 1. The van der Waals surface area contributed by atoms with Crippen molar-refractivity contribution < 1.29 is 41.7 Å². The summed E-state index contributed by atoms with van der Waals surface area (Å²) < 4.78 is 54.6. The summed E-state index contributed by atoms with van der Waals surface area (Å²) in [7, 11) is -2.73. The molecule has 2 bridgehead atoms. The first-order valence-corrected chi connectivity index (χ1v) is 17.9. The summed E-state index contributed by atoms with van der Waals surface area (Å²) in [5, 5.41) is 0. The summed E-state index contributed by atoms with van der Waals surface area (Å²) in [5.41, 5.74) is 1.32. The predicted octanol–water partition coefficient (Wildman–Crippen LogP) is 5.82. The molecule has 0 saturated carbocycles. The Balaban J connectivity index is 2.23. The van der Waals surface area contributed by atoms with E-state index in [4.69, 9.17) is 46.7 Å². The third kappa shape index (κ3) is 14.7. The van der Waals surface area contributed by atoms with Gasteiger partial charge in [-0.1, -0.05) is 41.5 Å². The minimum Gasteiger partial charge on any atom is -0.493 e. The molecular weight excluding hydrogens is 570 g/mol. The first-order chi connectivity index (χ1) is 20.4. The fourth-order valence-electron chi connectivity index (χ4n) is 4.52. The lowest BCUT2D eigenvalue weighted by Gasteiger charge is -2.31. The number of nitrogens with zero attached hydrogens (tertiary/aromatic N) is 1. The normalized spacial score (nSPS) is 20.8. The van der Waals surface area contributed by atoms with Gasteiger partial charge in [-0.05, 0) is 38.0 Å². The highest BCUT2D eigenvalue weighted by molar-refractivity contribution is 6.60. The molecule has 10 nitrogen and oxygen atoms in total. The van der Waals surface area contributed by atoms with E-state index < -0.39 is 8.80 Å². The predicted molar refractivity (Wildman–Crippen MR) is 168 cm³/mol. The van der Waals surface area contributed by atoms with Crippen LogP contribution in [0.25, 0.3) is 0 Å². The molecule has 1 aromatic rings. The molecule has 43 heavy (non-hydrogen) atoms. The number of hydrogen-bond acceptors (Lipinski definition) is 10. The van der Waals surface area contributed by atoms with Crippen molar-refractivity contribution in [1.29, 1.82) is 0 Å². The Morgan fingerprint density at radius 2 is 1.16 bits per heavy atom. The zero-order valence-corrected chi connectivity index (χ0v) is 29.3. The Morgan fingerprint density at radius 1 is 0.721 bits per heavy atom. The van der Waals surface area contributed by atoms with E-state index in [9.17, 15) is 0 Å². The molecule has 0 fully saturated rings. The van der Waals surface area contributed by atoms with Crippen molar-refractivity contribution in [2.24, 2.45) is 10.8 Å². The molecule has 0 N–H and O–H groups in total. The van der Waals surface area contributed by atoms with Crippen LogP contribution in [0.5, 0.6) is 5.75 Å². The monoisotopic (exact) mass is 629 g/mol. The Kier molecular flexibility index (Phi) is 17.1. The van der Waals surface area contributed by atoms with Gasteiger partial charge in [-0.25, -0.2) is 0 Å². The minimum absolute atomic E-state index is 0.117. The average Bonchev–Trinajstić information content (AvgIpc) is 2.92. The average molecular weight is 630 g/mol. The van der Waals surface area contributed by atoms with E-state index in [-0.39, 0.29) is 23.0 Å². The molecule has 11 heteroatoms. The fourth-order valence-corrected chi connectivity index (χ4v) is 7.10. The minimum atomic E-state index is -2.73. The van der Waals surface area contributed by atoms with Gasteiger partial charge in [-0.15, -0.1) is 0 Å². The number of rotatable bonds is 11. The lowest BCUT2D eigenvalue weighted by molar-refractivity contribution is -0.0944. The largest absolute Gasteiger partial charge is 0.501 e. The van der Waals surface area contributed by atoms with Crippen molar-refractivity contribution in [3.8, 4) is 5.75 Å². The Bertz CT molecular complexity index is 823. The van der Waals surface area contributed by atoms with Crippen molar-refractivity contribution in [3.63, 3.8) is 0 Å². The van der Waals surface area contributed by atoms with Gasteiger partial charge in [0.25, 0.3) is 0 Å². The molecule has 2 atom stereocenters. The van der Waals surface area contributed by atoms with E-state index in [1.54, 1.807) is 0 Å². The van der Waals surface area contributed by atoms with E-state index in [1.807, 2.05) is 32.9 Å². The van der Waals surface area contributed by atoms with Gasteiger partial charge in [-0.3, -0.25) is 4.98 Å². The van der Waals surface area contributed by atoms with Gasteiger partial charge in [-0.2, -0.15) is 0 Å². The lowest BCUT2D eigenvalue weighted by Crippen LogP contribution is -2.46. The lowest BCUT2D eigenvalue weighted by atomic mass is 9.89. The molecule has 0 aromatic carbocycles. The third-order valence-corrected chi connectivity index (χ3v) is 10.1. The molecule has 1 aliphatic rings. The van der Waals surface area contributed by atoms with Crippen molar-refractivity contribution in [3.05, 3.63) is 23.5 Å². The molecule has 0 radical (unpaired) electrons. The molecule has 250 valence electrons. The number of fused-ring (bicyclic) bond motifs is 2. The first-order valence-electron chi connectivity index (χ1n) is 15.9. The van der Waals surface area contributed by atoms with Crippen LogP contribution in [0.2, 0.25) is 6.04 Å². The van der Waals surface area contributed by atoms with Gasteiger partial charge in [0.05, 0.1) is 83.1 Å². The zero-order valence-electron chi connectivity index (χ0n) is 28.3. The second-order valence-corrected chi connectivity index (χ2v) is 15.5. The molecule has 0 aliphatic carbocycles. The highest BCUT2D eigenvalue weighted by Crippen LogP contribution is 2.27. The SMILES string of the molecule is CCO[Si](CCCOc1cc2nc(c1)CO[C@H](C(C)(C)C)COCCOCCOC[C@@H](C(C)(C)C)OC2)(OCC)OCC. The van der Waals surface area contributed by atoms with Gasteiger partial charge in [0.1, 0.15) is 5.75 Å². The highest BCUT2D eigenvalue weighted by Gasteiger charge is 2.39. The maximum atomic E-state index is 6.38. The van der Waals surface area contributed by atoms with Gasteiger partial charge in [0.2, 0.25) is 0 Å². The van der Waals surface area contributed by atoms with E-state index in [1.165, 1.54) is 0 Å². The Morgan fingerprint density at radius 3 is 1.58 bits per heavy atom. The molecule has 0 spiro atoms. The van der Waals surface area contributed by atoms with Crippen LogP contribution in [0.1, 0.15) is 80.1 Å². The van der Waals surface area contributed by atoms with Gasteiger partial charge >= 0.3 is 8.80 Å². The summed E-state index contributed by atoms with van der Waals surface area (Å²) >= 11 is 0. The van der Waals surface area contributed by atoms with Crippen molar-refractivity contribution >= 4 is 8.80 Å². The summed E-state index contributed by atoms with van der Waals surface area (Å²) in [5.74, 6) is 0.724. The smallest absolute Gasteiger partial charge is 0.493 e. The van der Waals surface area contributed by atoms with Gasteiger partial charge in [0, 0.05) is 38.0 Å². The van der Waals surface area contributed by atoms with Crippen LogP contribution in [0.15, 0.2) is 12.1 Å². The summed E-state index contributed by atoms with van der Waals surface area (Å²) in [6.45, 7) is 24.5. The van der Waals surface area contributed by atoms with E-state index in [0.717, 1.165) is 23.6 Å². The maximum absolute atomic E-state index is 6.38. The van der Waals surface area contributed by atoms with E-state index in [0.29, 0.717) is 85.3 Å². The fraction of sp³-hybridized carbons (Fsp3) is 0.844. The summed E-state index contributed by atoms with van der Waals surface area (Å²) in [6, 6.07) is 4.57. The molecule has 0 unspecified atom stereocenters. The number of ether oxygens (including phenoxy) is 6. The van der Waals surface area contributed by atoms with Crippen LogP contribution in [-0.4, -0.2) is 92.1 Å². The standard InChI is InChI=1S/C32H59NO9Si/c1-10-40-43(41-11-2,42-12-3)19-13-14-37-28-20-26-22-38-29(31(4,5)6)24-35-17-15-34-16-18-36-25-30(32(7,8)9)39-23-27(21-28)33-26/h20-21,29-30H,10-19,22-25H2,1-9H3/t29-,30-/m0/s1. The third-order valence-electron chi connectivity index (χ3n) is 6.97. The van der Waals surface area contributed by atoms with E-state index >= 15 is 0 Å². The van der Waals surface area contributed by atoms with Gasteiger partial charge < -0.3 is 41.7 Å². The van der Waals surface area contributed by atoms with Crippen LogP contribution in [0.4, 0.5) is 0 Å². The van der Waals surface area contributed by atoms with Crippen molar-refractivity contribution in [1.82, 2.24) is 4.98 Å². The van der Waals surface area contributed by atoms with E-state index in [2.05, 4.69) is 41.5 Å². The van der Waals surface area contributed by atoms with Crippen LogP contribution < -0.4 is 4.74 Å². The number of pyridine rings is 1. The topological polar surface area (TPSA) is 96.0 Å². The molecule has 2 rings (SSSR count). The molecule has 0 saturated heterocycles. The van der Waals surface area contributed by atoms with Gasteiger partial charge in [0.15, 0.2) is 0 Å². The van der Waals surface area contributed by atoms with Crippen LogP contribution in [0, 0.1) is 10.8 Å². The molecular formula is C32H59NO9Si. The number of hydrogen-bond donors (Lipinski definition) is 0. The van der Waals surface area contributed by atoms with Crippen molar-refractivity contribution in [2.75, 3.05) is 66.1 Å². The molecule has 1 aliphatic heterocycles. The molecule has 0 amide bonds. The first kappa shape index (κ1) is 38.0. The highest BCUT2D eigenvalue weighted by atomic mass is 28.4. The second-order valence-electron chi connectivity index (χ2n) is 12.8. The van der Waals surface area contributed by atoms with Crippen LogP contribution in [0.3, 0.4) is 0 Å². The molecule has 1 aromatic heterocycles. The van der Waals surface area contributed by atoms with Crippen LogP contribution >= 0.6 is 0 Å². The maximum Gasteiger partial charge on any atom is 0.501 e. The second kappa shape index (κ2) is 19.4. The summed E-state index contributed by atoms with van der Waals surface area (Å²) in [4.78, 5) is 4.89.